The Balaban J connectivity index is 2.05. The van der Waals surface area contributed by atoms with Crippen LogP contribution in [0.4, 0.5) is 5.13 Å². The van der Waals surface area contributed by atoms with Crippen molar-refractivity contribution in [2.45, 2.75) is 32.5 Å². The van der Waals surface area contributed by atoms with Crippen LogP contribution in [-0.4, -0.2) is 35.9 Å². The summed E-state index contributed by atoms with van der Waals surface area (Å²) >= 11 is 1.60. The molecule has 5 heteroatoms. The molecule has 0 aliphatic carbocycles. The van der Waals surface area contributed by atoms with Crippen molar-refractivity contribution in [1.82, 2.24) is 4.98 Å². The highest BCUT2D eigenvalue weighted by atomic mass is 32.1. The number of rotatable bonds is 3. The van der Waals surface area contributed by atoms with E-state index >= 15 is 0 Å². The van der Waals surface area contributed by atoms with Gasteiger partial charge in [-0.2, -0.15) is 0 Å². The summed E-state index contributed by atoms with van der Waals surface area (Å²) in [6, 6.07) is 0. The van der Waals surface area contributed by atoms with Gasteiger partial charge in [-0.1, -0.05) is 6.92 Å². The minimum absolute atomic E-state index is 0.313. The first kappa shape index (κ1) is 11.8. The lowest BCUT2D eigenvalue weighted by Gasteiger charge is -2.32. The van der Waals surface area contributed by atoms with Crippen molar-refractivity contribution in [3.05, 3.63) is 11.1 Å². The largest absolute Gasteiger partial charge is 0.387 e. The van der Waals surface area contributed by atoms with E-state index in [9.17, 15) is 5.11 Å². The zero-order valence-corrected chi connectivity index (χ0v) is 10.5. The summed E-state index contributed by atoms with van der Waals surface area (Å²) in [4.78, 5) is 6.69. The molecule has 1 aromatic rings. The van der Waals surface area contributed by atoms with Crippen molar-refractivity contribution < 1.29 is 9.84 Å². The first-order valence-corrected chi connectivity index (χ1v) is 6.58. The first-order valence-electron chi connectivity index (χ1n) is 5.70. The van der Waals surface area contributed by atoms with Gasteiger partial charge in [0, 0.05) is 18.5 Å². The molecule has 1 aliphatic rings. The van der Waals surface area contributed by atoms with E-state index < -0.39 is 6.10 Å². The van der Waals surface area contributed by atoms with Crippen molar-refractivity contribution in [2.24, 2.45) is 0 Å². The summed E-state index contributed by atoms with van der Waals surface area (Å²) in [5.74, 6) is 0. The molecule has 16 heavy (non-hydrogen) atoms. The van der Waals surface area contributed by atoms with Gasteiger partial charge in [0.05, 0.1) is 24.5 Å². The van der Waals surface area contributed by atoms with Gasteiger partial charge in [0.15, 0.2) is 5.13 Å². The van der Waals surface area contributed by atoms with Gasteiger partial charge in [-0.3, -0.25) is 0 Å². The molecule has 1 aliphatic heterocycles. The van der Waals surface area contributed by atoms with E-state index in [2.05, 4.69) is 16.8 Å². The number of hydrogen-bond donors (Lipinski definition) is 1. The van der Waals surface area contributed by atoms with E-state index in [0.717, 1.165) is 36.9 Å². The molecule has 1 aromatic heterocycles. The van der Waals surface area contributed by atoms with Gasteiger partial charge >= 0.3 is 0 Å². The summed E-state index contributed by atoms with van der Waals surface area (Å²) in [6.07, 6.45) is 0.867. The molecular weight excluding hydrogens is 224 g/mol. The van der Waals surface area contributed by atoms with Crippen molar-refractivity contribution >= 4 is 16.5 Å². The fraction of sp³-hybridized carbons (Fsp3) is 0.727. The highest BCUT2D eigenvalue weighted by Crippen LogP contribution is 2.25. The van der Waals surface area contributed by atoms with Crippen LogP contribution in [0.1, 0.15) is 32.1 Å². The van der Waals surface area contributed by atoms with E-state index in [1.54, 1.807) is 18.3 Å². The maximum atomic E-state index is 9.43. The SMILES string of the molecule is CCC1CN(c2nc(C(C)O)cs2)CCO1. The minimum Gasteiger partial charge on any atom is -0.387 e. The van der Waals surface area contributed by atoms with Crippen LogP contribution in [0.15, 0.2) is 5.38 Å². The number of nitrogens with zero attached hydrogens (tertiary/aromatic N) is 2. The highest BCUT2D eigenvalue weighted by Gasteiger charge is 2.21. The molecule has 0 radical (unpaired) electrons. The van der Waals surface area contributed by atoms with Gasteiger partial charge in [-0.05, 0) is 13.3 Å². The molecule has 0 aromatic carbocycles. The highest BCUT2D eigenvalue weighted by molar-refractivity contribution is 7.13. The Labute approximate surface area is 99.9 Å². The molecule has 2 atom stereocenters. The summed E-state index contributed by atoms with van der Waals surface area (Å²) in [5.41, 5.74) is 0.763. The average Bonchev–Trinajstić information content (AvgIpc) is 2.78. The molecule has 2 unspecified atom stereocenters. The van der Waals surface area contributed by atoms with E-state index in [4.69, 9.17) is 4.74 Å². The van der Waals surface area contributed by atoms with Crippen LogP contribution in [-0.2, 0) is 4.74 Å². The number of hydrogen-bond acceptors (Lipinski definition) is 5. The van der Waals surface area contributed by atoms with Gasteiger partial charge in [0.1, 0.15) is 0 Å². The summed E-state index contributed by atoms with van der Waals surface area (Å²) in [5, 5.41) is 12.4. The fourth-order valence-corrected chi connectivity index (χ4v) is 2.70. The van der Waals surface area contributed by atoms with Gasteiger partial charge in [-0.15, -0.1) is 11.3 Å². The topological polar surface area (TPSA) is 45.6 Å². The summed E-state index contributed by atoms with van der Waals surface area (Å²) in [6.45, 7) is 6.44. The second-order valence-electron chi connectivity index (χ2n) is 4.08. The lowest BCUT2D eigenvalue weighted by atomic mass is 10.2. The number of morpholine rings is 1. The lowest BCUT2D eigenvalue weighted by Crippen LogP contribution is -2.42. The maximum Gasteiger partial charge on any atom is 0.185 e. The molecule has 2 heterocycles. The van der Waals surface area contributed by atoms with E-state index in [-0.39, 0.29) is 0 Å². The molecule has 4 nitrogen and oxygen atoms in total. The molecule has 0 amide bonds. The van der Waals surface area contributed by atoms with Crippen LogP contribution in [0.2, 0.25) is 0 Å². The normalized spacial score (nSPS) is 23.4. The van der Waals surface area contributed by atoms with Gasteiger partial charge in [0.25, 0.3) is 0 Å². The van der Waals surface area contributed by atoms with Crippen LogP contribution in [0.5, 0.6) is 0 Å². The average molecular weight is 242 g/mol. The molecular formula is C11H18N2O2S. The van der Waals surface area contributed by atoms with Crippen LogP contribution in [0.25, 0.3) is 0 Å². The molecule has 1 fully saturated rings. The third kappa shape index (κ3) is 2.53. The Hall–Kier alpha value is -0.650. The van der Waals surface area contributed by atoms with Crippen LogP contribution in [0.3, 0.4) is 0 Å². The number of anilines is 1. The van der Waals surface area contributed by atoms with Crippen molar-refractivity contribution in [3.8, 4) is 0 Å². The predicted octanol–water partition coefficient (Wildman–Crippen LogP) is 1.81. The van der Waals surface area contributed by atoms with Gasteiger partial charge in [-0.25, -0.2) is 4.98 Å². The second-order valence-corrected chi connectivity index (χ2v) is 4.91. The summed E-state index contributed by atoms with van der Waals surface area (Å²) < 4.78 is 5.62. The van der Waals surface area contributed by atoms with E-state index in [1.165, 1.54) is 0 Å². The Kier molecular flexibility index (Phi) is 3.78. The minimum atomic E-state index is -0.479. The van der Waals surface area contributed by atoms with Crippen molar-refractivity contribution in [2.75, 3.05) is 24.6 Å². The number of thiazole rings is 1. The molecule has 0 bridgehead atoms. The Bertz CT molecular complexity index is 340. The van der Waals surface area contributed by atoms with Crippen LogP contribution < -0.4 is 4.90 Å². The molecule has 2 rings (SSSR count). The molecule has 1 N–H and O–H groups in total. The fourth-order valence-electron chi connectivity index (χ4n) is 1.75. The Morgan fingerprint density at radius 1 is 1.75 bits per heavy atom. The third-order valence-electron chi connectivity index (χ3n) is 2.80. The van der Waals surface area contributed by atoms with Crippen molar-refractivity contribution in [3.63, 3.8) is 0 Å². The number of aliphatic hydroxyl groups excluding tert-OH is 1. The molecule has 0 saturated carbocycles. The number of aliphatic hydroxyl groups is 1. The molecule has 1 saturated heterocycles. The zero-order valence-electron chi connectivity index (χ0n) is 9.72. The monoisotopic (exact) mass is 242 g/mol. The lowest BCUT2D eigenvalue weighted by molar-refractivity contribution is 0.0384. The Morgan fingerprint density at radius 2 is 2.56 bits per heavy atom. The van der Waals surface area contributed by atoms with Gasteiger partial charge < -0.3 is 14.7 Å². The van der Waals surface area contributed by atoms with E-state index in [0.29, 0.717) is 6.10 Å². The molecule has 0 spiro atoms. The smallest absolute Gasteiger partial charge is 0.185 e. The van der Waals surface area contributed by atoms with Crippen molar-refractivity contribution in [1.29, 1.82) is 0 Å². The zero-order chi connectivity index (χ0) is 11.5. The molecule has 90 valence electrons. The first-order chi connectivity index (χ1) is 7.70. The Morgan fingerprint density at radius 3 is 3.19 bits per heavy atom. The van der Waals surface area contributed by atoms with Gasteiger partial charge in [0.2, 0.25) is 0 Å². The summed E-state index contributed by atoms with van der Waals surface area (Å²) in [7, 11) is 0. The number of aromatic nitrogens is 1. The third-order valence-corrected chi connectivity index (χ3v) is 3.72. The number of ether oxygens (including phenoxy) is 1. The standard InChI is InChI=1S/C11H18N2O2S/c1-3-9-6-13(4-5-15-9)11-12-10(7-16-11)8(2)14/h7-9,14H,3-6H2,1-2H3. The quantitative estimate of drug-likeness (QED) is 0.878. The van der Waals surface area contributed by atoms with Crippen LogP contribution >= 0.6 is 11.3 Å². The van der Waals surface area contributed by atoms with E-state index in [1.807, 2.05) is 5.38 Å². The maximum absolute atomic E-state index is 9.43. The van der Waals surface area contributed by atoms with Crippen LogP contribution in [0, 0.1) is 0 Å². The second kappa shape index (κ2) is 5.12. The predicted molar refractivity (Wildman–Crippen MR) is 65.0 cm³/mol.